The molecule has 168 valence electrons. The van der Waals surface area contributed by atoms with Crippen LogP contribution in [0.3, 0.4) is 0 Å². The first-order valence-corrected chi connectivity index (χ1v) is 11.2. The molecule has 1 saturated heterocycles. The molecule has 1 aliphatic heterocycles. The Bertz CT molecular complexity index is 827. The van der Waals surface area contributed by atoms with Gasteiger partial charge in [0.05, 0.1) is 19.3 Å². The summed E-state index contributed by atoms with van der Waals surface area (Å²) in [4.78, 5) is 0. The Morgan fingerprint density at radius 2 is 1.87 bits per heavy atom. The van der Waals surface area contributed by atoms with Crippen molar-refractivity contribution >= 4 is 0 Å². The average molecular weight is 431 g/mol. The number of rotatable bonds is 11. The molecule has 0 aliphatic carbocycles. The van der Waals surface area contributed by atoms with E-state index in [0.29, 0.717) is 18.3 Å². The normalized spacial score (nSPS) is 18.5. The Kier molecular flexibility index (Phi) is 8.89. The number of allylic oxidation sites excluding steroid dienone is 1. The molecule has 1 fully saturated rings. The van der Waals surface area contributed by atoms with Crippen molar-refractivity contribution in [1.29, 1.82) is 0 Å². The molecule has 0 amide bonds. The standard InChI is InChI=1S/C26H32F2O3/c1-3-5-7-19-8-14-23(31-17-19)20-9-12-22(13-10-20)30-18-21-11-15-24(26(28)25(21)27)29-16-6-4-2/h3,9-13,15,19,23H,1,4-8,14,16-18H2,2H3. The van der Waals surface area contributed by atoms with Crippen LogP contribution < -0.4 is 9.47 Å². The highest BCUT2D eigenvalue weighted by Crippen LogP contribution is 2.33. The Morgan fingerprint density at radius 3 is 2.55 bits per heavy atom. The summed E-state index contributed by atoms with van der Waals surface area (Å²) in [5, 5.41) is 0. The number of benzene rings is 2. The number of unbranched alkanes of at least 4 members (excludes halogenated alkanes) is 1. The third kappa shape index (κ3) is 6.54. The van der Waals surface area contributed by atoms with E-state index in [0.717, 1.165) is 50.7 Å². The van der Waals surface area contributed by atoms with Crippen LogP contribution in [-0.4, -0.2) is 13.2 Å². The van der Waals surface area contributed by atoms with Crippen molar-refractivity contribution in [2.24, 2.45) is 5.92 Å². The highest BCUT2D eigenvalue weighted by molar-refractivity contribution is 5.32. The monoisotopic (exact) mass is 430 g/mol. The van der Waals surface area contributed by atoms with Gasteiger partial charge in [-0.05, 0) is 67.9 Å². The predicted molar refractivity (Wildman–Crippen MR) is 118 cm³/mol. The zero-order valence-electron chi connectivity index (χ0n) is 18.2. The molecule has 0 bridgehead atoms. The van der Waals surface area contributed by atoms with E-state index in [1.807, 2.05) is 37.3 Å². The molecular weight excluding hydrogens is 398 g/mol. The van der Waals surface area contributed by atoms with Gasteiger partial charge in [-0.1, -0.05) is 31.6 Å². The quantitative estimate of drug-likeness (QED) is 0.280. The Hall–Kier alpha value is -2.40. The molecule has 2 aromatic carbocycles. The van der Waals surface area contributed by atoms with Gasteiger partial charge in [0, 0.05) is 5.56 Å². The molecule has 1 aliphatic rings. The van der Waals surface area contributed by atoms with Gasteiger partial charge >= 0.3 is 0 Å². The minimum Gasteiger partial charge on any atom is -0.490 e. The number of ether oxygens (including phenoxy) is 3. The fourth-order valence-corrected chi connectivity index (χ4v) is 3.71. The van der Waals surface area contributed by atoms with Crippen LogP contribution in [0.5, 0.6) is 11.5 Å². The smallest absolute Gasteiger partial charge is 0.201 e. The van der Waals surface area contributed by atoms with Crippen molar-refractivity contribution in [3.8, 4) is 11.5 Å². The number of hydrogen-bond acceptors (Lipinski definition) is 3. The summed E-state index contributed by atoms with van der Waals surface area (Å²) < 4.78 is 45.5. The second-order valence-electron chi connectivity index (χ2n) is 8.04. The first-order chi connectivity index (χ1) is 15.1. The lowest BCUT2D eigenvalue weighted by Crippen LogP contribution is -2.20. The maximum Gasteiger partial charge on any atom is 0.201 e. The van der Waals surface area contributed by atoms with E-state index in [9.17, 15) is 8.78 Å². The van der Waals surface area contributed by atoms with Crippen molar-refractivity contribution in [3.05, 3.63) is 71.8 Å². The largest absolute Gasteiger partial charge is 0.490 e. The van der Waals surface area contributed by atoms with Gasteiger partial charge in [0.2, 0.25) is 5.82 Å². The molecule has 0 spiro atoms. The van der Waals surface area contributed by atoms with Crippen LogP contribution in [0.25, 0.3) is 0 Å². The molecule has 3 nitrogen and oxygen atoms in total. The number of hydrogen-bond donors (Lipinski definition) is 0. The van der Waals surface area contributed by atoms with Crippen LogP contribution in [0.4, 0.5) is 8.78 Å². The van der Waals surface area contributed by atoms with E-state index >= 15 is 0 Å². The summed E-state index contributed by atoms with van der Waals surface area (Å²) in [6, 6.07) is 10.6. The second-order valence-corrected chi connectivity index (χ2v) is 8.04. The van der Waals surface area contributed by atoms with Crippen molar-refractivity contribution in [2.75, 3.05) is 13.2 Å². The molecule has 0 N–H and O–H groups in total. The molecule has 2 aromatic rings. The third-order valence-corrected chi connectivity index (χ3v) is 5.68. The van der Waals surface area contributed by atoms with Gasteiger partial charge in [0.15, 0.2) is 11.6 Å². The van der Waals surface area contributed by atoms with Crippen molar-refractivity contribution in [3.63, 3.8) is 0 Å². The predicted octanol–water partition coefficient (Wildman–Crippen LogP) is 7.16. The van der Waals surface area contributed by atoms with E-state index in [-0.39, 0.29) is 24.0 Å². The Morgan fingerprint density at radius 1 is 1.06 bits per heavy atom. The van der Waals surface area contributed by atoms with Crippen LogP contribution in [0.15, 0.2) is 49.1 Å². The van der Waals surface area contributed by atoms with Crippen LogP contribution in [0.2, 0.25) is 0 Å². The van der Waals surface area contributed by atoms with Crippen LogP contribution in [-0.2, 0) is 11.3 Å². The maximum absolute atomic E-state index is 14.3. The van der Waals surface area contributed by atoms with Crippen LogP contribution in [0.1, 0.15) is 62.7 Å². The molecule has 0 saturated carbocycles. The first-order valence-electron chi connectivity index (χ1n) is 11.2. The van der Waals surface area contributed by atoms with Crippen LogP contribution >= 0.6 is 0 Å². The van der Waals surface area contributed by atoms with Gasteiger partial charge < -0.3 is 14.2 Å². The topological polar surface area (TPSA) is 27.7 Å². The zero-order valence-corrected chi connectivity index (χ0v) is 18.2. The van der Waals surface area contributed by atoms with Gasteiger partial charge in [-0.2, -0.15) is 4.39 Å². The van der Waals surface area contributed by atoms with Gasteiger partial charge in [-0.25, -0.2) is 4.39 Å². The van der Waals surface area contributed by atoms with Gasteiger partial charge in [0.1, 0.15) is 12.4 Å². The van der Waals surface area contributed by atoms with Gasteiger partial charge in [0.25, 0.3) is 0 Å². The summed E-state index contributed by atoms with van der Waals surface area (Å²) in [5.41, 5.74) is 1.27. The van der Waals surface area contributed by atoms with Crippen molar-refractivity contribution < 1.29 is 23.0 Å². The fraction of sp³-hybridized carbons (Fsp3) is 0.462. The minimum absolute atomic E-state index is 0.0533. The van der Waals surface area contributed by atoms with E-state index in [1.165, 1.54) is 12.1 Å². The summed E-state index contributed by atoms with van der Waals surface area (Å²) >= 11 is 0. The summed E-state index contributed by atoms with van der Waals surface area (Å²) in [6.45, 7) is 6.88. The average Bonchev–Trinajstić information content (AvgIpc) is 2.81. The maximum atomic E-state index is 14.3. The molecule has 2 unspecified atom stereocenters. The minimum atomic E-state index is -0.964. The zero-order chi connectivity index (χ0) is 22.1. The highest BCUT2D eigenvalue weighted by Gasteiger charge is 2.22. The van der Waals surface area contributed by atoms with Crippen molar-refractivity contribution in [1.82, 2.24) is 0 Å². The lowest BCUT2D eigenvalue weighted by atomic mass is 9.91. The highest BCUT2D eigenvalue weighted by atomic mass is 19.2. The Labute approximate surface area is 184 Å². The van der Waals surface area contributed by atoms with Crippen molar-refractivity contribution in [2.45, 2.75) is 58.2 Å². The van der Waals surface area contributed by atoms with E-state index in [2.05, 4.69) is 6.58 Å². The summed E-state index contributed by atoms with van der Waals surface area (Å²) in [6.07, 6.45) is 8.10. The molecule has 0 aromatic heterocycles. The molecule has 3 rings (SSSR count). The van der Waals surface area contributed by atoms with E-state index in [4.69, 9.17) is 14.2 Å². The summed E-state index contributed by atoms with van der Waals surface area (Å²) in [5.74, 6) is -0.735. The SMILES string of the molecule is C=CCCC1CCC(c2ccc(OCc3ccc(OCCCC)c(F)c3F)cc2)OC1. The first kappa shape index (κ1) is 23.3. The van der Waals surface area contributed by atoms with E-state index < -0.39 is 11.6 Å². The van der Waals surface area contributed by atoms with Crippen LogP contribution in [0, 0.1) is 17.6 Å². The number of halogens is 2. The van der Waals surface area contributed by atoms with Gasteiger partial charge in [-0.3, -0.25) is 0 Å². The lowest BCUT2D eigenvalue weighted by Gasteiger charge is -2.29. The lowest BCUT2D eigenvalue weighted by molar-refractivity contribution is -0.0190. The molecule has 1 heterocycles. The third-order valence-electron chi connectivity index (χ3n) is 5.68. The molecule has 5 heteroatoms. The molecule has 31 heavy (non-hydrogen) atoms. The summed E-state index contributed by atoms with van der Waals surface area (Å²) in [7, 11) is 0. The fourth-order valence-electron chi connectivity index (χ4n) is 3.71. The molecule has 0 radical (unpaired) electrons. The molecule has 2 atom stereocenters. The molecular formula is C26H32F2O3. The van der Waals surface area contributed by atoms with E-state index in [1.54, 1.807) is 0 Å². The second kappa shape index (κ2) is 11.8. The van der Waals surface area contributed by atoms with Gasteiger partial charge in [-0.15, -0.1) is 6.58 Å². The Balaban J connectivity index is 1.51.